The number of ether oxygens (including phenoxy) is 3. The zero-order chi connectivity index (χ0) is 17.8. The summed E-state index contributed by atoms with van der Waals surface area (Å²) in [6.45, 7) is 2.75. The van der Waals surface area contributed by atoms with Crippen LogP contribution in [0.15, 0.2) is 41.4 Å². The normalized spacial score (nSPS) is 15.8. The number of nitrogens with two attached hydrogens (primary N) is 1. The van der Waals surface area contributed by atoms with E-state index in [2.05, 4.69) is 22.4 Å². The zero-order valence-electron chi connectivity index (χ0n) is 14.7. The van der Waals surface area contributed by atoms with Gasteiger partial charge in [0.15, 0.2) is 17.5 Å². The fourth-order valence-corrected chi connectivity index (χ4v) is 3.13. The second-order valence-electron chi connectivity index (χ2n) is 6.39. The number of guanidine groups is 1. The van der Waals surface area contributed by atoms with Crippen LogP contribution in [0.2, 0.25) is 0 Å². The van der Waals surface area contributed by atoms with Gasteiger partial charge in [0.1, 0.15) is 5.75 Å². The minimum Gasteiger partial charge on any atom is -0.493 e. The summed E-state index contributed by atoms with van der Waals surface area (Å²) in [6.07, 6.45) is 2.72. The molecule has 2 aromatic carbocycles. The molecule has 0 atom stereocenters. The molecule has 0 radical (unpaired) electrons. The van der Waals surface area contributed by atoms with Crippen molar-refractivity contribution in [3.05, 3.63) is 47.5 Å². The quantitative estimate of drug-likeness (QED) is 0.653. The highest BCUT2D eigenvalue weighted by atomic mass is 16.5. The first-order valence-electron chi connectivity index (χ1n) is 8.99. The Hall–Kier alpha value is -2.89. The Kier molecular flexibility index (Phi) is 4.82. The van der Waals surface area contributed by atoms with Gasteiger partial charge in [0.25, 0.3) is 0 Å². The van der Waals surface area contributed by atoms with E-state index in [4.69, 9.17) is 19.9 Å². The van der Waals surface area contributed by atoms with E-state index in [1.54, 1.807) is 0 Å². The Balaban J connectivity index is 1.34. The van der Waals surface area contributed by atoms with Crippen LogP contribution in [-0.4, -0.2) is 32.3 Å². The lowest BCUT2D eigenvalue weighted by Gasteiger charge is -2.10. The molecule has 6 nitrogen and oxygen atoms in total. The summed E-state index contributed by atoms with van der Waals surface area (Å²) in [7, 11) is 0. The molecule has 2 heterocycles. The molecular formula is C20H23N3O3. The predicted octanol–water partition coefficient (Wildman–Crippen LogP) is 2.75. The largest absolute Gasteiger partial charge is 0.493 e. The molecular weight excluding hydrogens is 330 g/mol. The highest BCUT2D eigenvalue weighted by Crippen LogP contribution is 2.32. The number of fused-ring (bicyclic) bond motifs is 2. The number of rotatable bonds is 4. The van der Waals surface area contributed by atoms with Crippen molar-refractivity contribution in [1.29, 1.82) is 0 Å². The maximum atomic E-state index is 6.01. The molecule has 0 saturated heterocycles. The van der Waals surface area contributed by atoms with Gasteiger partial charge in [-0.3, -0.25) is 4.99 Å². The van der Waals surface area contributed by atoms with Gasteiger partial charge in [-0.15, -0.1) is 0 Å². The monoisotopic (exact) mass is 353 g/mol. The molecule has 0 aromatic heterocycles. The van der Waals surface area contributed by atoms with Crippen LogP contribution in [-0.2, 0) is 12.8 Å². The Morgan fingerprint density at radius 2 is 1.77 bits per heavy atom. The number of hydrogen-bond acceptors (Lipinski definition) is 4. The molecule has 4 rings (SSSR count). The van der Waals surface area contributed by atoms with Crippen LogP contribution >= 0.6 is 0 Å². The number of anilines is 1. The minimum absolute atomic E-state index is 0.393. The summed E-state index contributed by atoms with van der Waals surface area (Å²) in [4.78, 5) is 4.42. The first kappa shape index (κ1) is 16.6. The van der Waals surface area contributed by atoms with Gasteiger partial charge in [-0.05, 0) is 35.7 Å². The van der Waals surface area contributed by atoms with Gasteiger partial charge in [-0.25, -0.2) is 0 Å². The van der Waals surface area contributed by atoms with Gasteiger partial charge in [0, 0.05) is 31.1 Å². The number of hydrogen-bond donors (Lipinski definition) is 2. The maximum absolute atomic E-state index is 6.01. The lowest BCUT2D eigenvalue weighted by atomic mass is 10.1. The first-order valence-corrected chi connectivity index (χ1v) is 8.99. The van der Waals surface area contributed by atoms with Gasteiger partial charge in [-0.1, -0.05) is 12.1 Å². The van der Waals surface area contributed by atoms with Crippen LogP contribution in [0, 0.1) is 0 Å². The van der Waals surface area contributed by atoms with E-state index >= 15 is 0 Å². The summed E-state index contributed by atoms with van der Waals surface area (Å²) in [5.41, 5.74) is 9.39. The summed E-state index contributed by atoms with van der Waals surface area (Å²) in [5.74, 6) is 2.90. The summed E-state index contributed by atoms with van der Waals surface area (Å²) in [5, 5.41) is 3.11. The molecule has 0 bridgehead atoms. The van der Waals surface area contributed by atoms with E-state index in [9.17, 15) is 0 Å². The molecule has 3 N–H and O–H groups in total. The zero-order valence-corrected chi connectivity index (χ0v) is 14.7. The van der Waals surface area contributed by atoms with Crippen molar-refractivity contribution in [2.24, 2.45) is 10.7 Å². The maximum Gasteiger partial charge on any atom is 0.193 e. The molecule has 2 aromatic rings. The van der Waals surface area contributed by atoms with E-state index in [-0.39, 0.29) is 0 Å². The van der Waals surface area contributed by atoms with Gasteiger partial charge in [-0.2, -0.15) is 0 Å². The smallest absolute Gasteiger partial charge is 0.193 e. The fraction of sp³-hybridized carbons (Fsp3) is 0.350. The predicted molar refractivity (Wildman–Crippen MR) is 102 cm³/mol. The third-order valence-corrected chi connectivity index (χ3v) is 4.46. The Labute approximate surface area is 153 Å². The molecule has 6 heteroatoms. The number of benzene rings is 2. The minimum atomic E-state index is 0.393. The highest BCUT2D eigenvalue weighted by Gasteiger charge is 2.12. The van der Waals surface area contributed by atoms with Crippen molar-refractivity contribution in [1.82, 2.24) is 0 Å². The van der Waals surface area contributed by atoms with Crippen molar-refractivity contribution in [2.45, 2.75) is 19.3 Å². The molecule has 136 valence electrons. The second kappa shape index (κ2) is 7.56. The van der Waals surface area contributed by atoms with Gasteiger partial charge < -0.3 is 25.3 Å². The highest BCUT2D eigenvalue weighted by molar-refractivity contribution is 5.92. The molecule has 0 unspecified atom stereocenters. The molecule has 0 amide bonds. The Morgan fingerprint density at radius 1 is 0.962 bits per heavy atom. The van der Waals surface area contributed by atoms with E-state index < -0.39 is 0 Å². The van der Waals surface area contributed by atoms with Crippen LogP contribution in [0.3, 0.4) is 0 Å². The van der Waals surface area contributed by atoms with Crippen molar-refractivity contribution in [3.8, 4) is 17.2 Å². The molecule has 0 aliphatic carbocycles. The van der Waals surface area contributed by atoms with Gasteiger partial charge in [0.2, 0.25) is 0 Å². The molecule has 0 fully saturated rings. The van der Waals surface area contributed by atoms with Crippen molar-refractivity contribution in [2.75, 3.05) is 31.7 Å². The van der Waals surface area contributed by atoms with Crippen LogP contribution in [0.25, 0.3) is 0 Å². The lowest BCUT2D eigenvalue weighted by Crippen LogP contribution is -2.23. The van der Waals surface area contributed by atoms with Crippen molar-refractivity contribution < 1.29 is 14.2 Å². The third-order valence-electron chi connectivity index (χ3n) is 4.46. The lowest BCUT2D eigenvalue weighted by molar-refractivity contribution is 0.297. The second-order valence-corrected chi connectivity index (χ2v) is 6.39. The average molecular weight is 353 g/mol. The fourth-order valence-electron chi connectivity index (χ4n) is 3.13. The van der Waals surface area contributed by atoms with E-state index in [0.29, 0.717) is 25.7 Å². The molecule has 26 heavy (non-hydrogen) atoms. The Bertz CT molecular complexity index is 820. The number of nitrogens with zero attached hydrogens (tertiary/aromatic N) is 1. The van der Waals surface area contributed by atoms with E-state index in [1.807, 2.05) is 24.3 Å². The number of nitrogens with one attached hydrogen (secondary N) is 1. The number of aliphatic imine (C=N–C) groups is 1. The van der Waals surface area contributed by atoms with E-state index in [1.165, 1.54) is 11.1 Å². The standard InChI is InChI=1S/C20H23N3O3/c21-20(22-8-6-14-2-4-17-15(12-14)7-11-26-17)23-16-3-5-18-19(13-16)25-10-1-9-24-18/h2-5,12-13H,1,6-11H2,(H3,21,22,23). The van der Waals surface area contributed by atoms with E-state index in [0.717, 1.165) is 48.8 Å². The van der Waals surface area contributed by atoms with Crippen molar-refractivity contribution in [3.63, 3.8) is 0 Å². The Morgan fingerprint density at radius 3 is 2.69 bits per heavy atom. The van der Waals surface area contributed by atoms with Gasteiger partial charge >= 0.3 is 0 Å². The SMILES string of the molecule is NC(=NCCc1ccc2c(c1)CCO2)Nc1ccc2c(c1)OCCCO2. The van der Waals surface area contributed by atoms with Crippen LogP contribution < -0.4 is 25.3 Å². The molecule has 0 saturated carbocycles. The topological polar surface area (TPSA) is 78.1 Å². The van der Waals surface area contributed by atoms with Crippen LogP contribution in [0.1, 0.15) is 17.5 Å². The molecule has 2 aliphatic heterocycles. The van der Waals surface area contributed by atoms with Crippen molar-refractivity contribution >= 4 is 11.6 Å². The van der Waals surface area contributed by atoms with Crippen LogP contribution in [0.4, 0.5) is 5.69 Å². The molecule has 2 aliphatic rings. The first-order chi connectivity index (χ1) is 12.8. The average Bonchev–Trinajstić information content (AvgIpc) is 2.98. The van der Waals surface area contributed by atoms with Crippen LogP contribution in [0.5, 0.6) is 17.2 Å². The third kappa shape index (κ3) is 3.85. The summed E-state index contributed by atoms with van der Waals surface area (Å²) >= 11 is 0. The molecule has 0 spiro atoms. The van der Waals surface area contributed by atoms with Gasteiger partial charge in [0.05, 0.1) is 19.8 Å². The summed E-state index contributed by atoms with van der Waals surface area (Å²) < 4.78 is 16.9. The summed E-state index contributed by atoms with van der Waals surface area (Å²) in [6, 6.07) is 12.0.